The summed E-state index contributed by atoms with van der Waals surface area (Å²) in [5, 5.41) is 9.48. The van der Waals surface area contributed by atoms with Crippen LogP contribution in [0.2, 0.25) is 0 Å². The van der Waals surface area contributed by atoms with Crippen molar-refractivity contribution in [2.45, 2.75) is 46.3 Å². The highest BCUT2D eigenvalue weighted by molar-refractivity contribution is 5.82. The summed E-state index contributed by atoms with van der Waals surface area (Å²) in [5.74, 6) is -0.193. The fourth-order valence-corrected chi connectivity index (χ4v) is 1.84. The molecule has 4 heteroatoms. The molecule has 0 bridgehead atoms. The normalized spacial score (nSPS) is 27.9. The Bertz CT molecular complexity index is 282. The molecule has 1 aliphatic rings. The zero-order chi connectivity index (χ0) is 12.5. The van der Waals surface area contributed by atoms with Gasteiger partial charge in [0.05, 0.1) is 12.1 Å². The maximum atomic E-state index is 12.2. The van der Waals surface area contributed by atoms with E-state index in [2.05, 4.69) is 0 Å². The number of hydrogen-bond acceptors (Lipinski definition) is 3. The minimum atomic E-state index is -0.564. The van der Waals surface area contributed by atoms with E-state index < -0.39 is 12.1 Å². The molecule has 0 aliphatic carbocycles. The lowest BCUT2D eigenvalue weighted by atomic mass is 9.81. The smallest absolute Gasteiger partial charge is 0.226 e. The van der Waals surface area contributed by atoms with E-state index in [-0.39, 0.29) is 23.8 Å². The molecule has 92 valence electrons. The van der Waals surface area contributed by atoms with Crippen LogP contribution in [-0.4, -0.2) is 40.9 Å². The molecular weight excluding hydrogens is 206 g/mol. The number of nitrogens with zero attached hydrogens (tertiary/aromatic N) is 1. The summed E-state index contributed by atoms with van der Waals surface area (Å²) in [6.45, 7) is 8.14. The molecule has 0 aromatic heterocycles. The van der Waals surface area contributed by atoms with Crippen molar-refractivity contribution in [3.8, 4) is 0 Å². The second kappa shape index (κ2) is 4.53. The summed E-state index contributed by atoms with van der Waals surface area (Å²) < 4.78 is 0. The number of β-amino-alcohol motifs (C(OH)–C–C–N with tert-alkyl or cyclic N) is 1. The third-order valence-electron chi connectivity index (χ3n) is 3.43. The van der Waals surface area contributed by atoms with Crippen molar-refractivity contribution < 1.29 is 14.7 Å². The molecule has 0 saturated carbocycles. The molecule has 1 rings (SSSR count). The predicted molar refractivity (Wildman–Crippen MR) is 60.8 cm³/mol. The van der Waals surface area contributed by atoms with Crippen molar-refractivity contribution in [1.82, 2.24) is 4.90 Å². The molecule has 16 heavy (non-hydrogen) atoms. The lowest BCUT2D eigenvalue weighted by Gasteiger charge is -2.31. The maximum absolute atomic E-state index is 12.2. The first-order valence-electron chi connectivity index (χ1n) is 5.71. The lowest BCUT2D eigenvalue weighted by Crippen LogP contribution is -2.43. The Hall–Kier alpha value is -0.900. The van der Waals surface area contributed by atoms with Crippen molar-refractivity contribution in [1.29, 1.82) is 0 Å². The van der Waals surface area contributed by atoms with Crippen LogP contribution in [0.4, 0.5) is 0 Å². The van der Waals surface area contributed by atoms with E-state index in [1.807, 2.05) is 27.7 Å². The number of rotatable bonds is 2. The Kier molecular flexibility index (Phi) is 3.73. The van der Waals surface area contributed by atoms with E-state index in [0.29, 0.717) is 6.42 Å². The van der Waals surface area contributed by atoms with Crippen LogP contribution in [0.15, 0.2) is 0 Å². The first-order chi connectivity index (χ1) is 7.27. The zero-order valence-corrected chi connectivity index (χ0v) is 10.4. The molecule has 3 atom stereocenters. The summed E-state index contributed by atoms with van der Waals surface area (Å²) in [7, 11) is 0. The number of amides is 1. The van der Waals surface area contributed by atoms with Gasteiger partial charge in [0.1, 0.15) is 6.29 Å². The average Bonchev–Trinajstić information content (AvgIpc) is 2.55. The highest BCUT2D eigenvalue weighted by atomic mass is 16.3. The van der Waals surface area contributed by atoms with Crippen LogP contribution in [0.5, 0.6) is 0 Å². The summed E-state index contributed by atoms with van der Waals surface area (Å²) >= 11 is 0. The summed E-state index contributed by atoms with van der Waals surface area (Å²) in [4.78, 5) is 24.5. The van der Waals surface area contributed by atoms with Gasteiger partial charge in [0, 0.05) is 18.9 Å². The van der Waals surface area contributed by atoms with Gasteiger partial charge < -0.3 is 14.8 Å². The number of aliphatic hydroxyl groups excluding tert-OH is 1. The fraction of sp³-hybridized carbons (Fsp3) is 0.833. The lowest BCUT2D eigenvalue weighted by molar-refractivity contribution is -0.141. The van der Waals surface area contributed by atoms with Gasteiger partial charge in [0.2, 0.25) is 5.91 Å². The van der Waals surface area contributed by atoms with E-state index >= 15 is 0 Å². The van der Waals surface area contributed by atoms with Gasteiger partial charge in [-0.1, -0.05) is 27.7 Å². The van der Waals surface area contributed by atoms with Crippen LogP contribution in [0.3, 0.4) is 0 Å². The number of aldehydes is 1. The van der Waals surface area contributed by atoms with Crippen LogP contribution >= 0.6 is 0 Å². The van der Waals surface area contributed by atoms with Gasteiger partial charge in [-0.2, -0.15) is 0 Å². The van der Waals surface area contributed by atoms with E-state index in [4.69, 9.17) is 0 Å². The Balaban J connectivity index is 2.77. The van der Waals surface area contributed by atoms with Gasteiger partial charge in [0.15, 0.2) is 0 Å². The van der Waals surface area contributed by atoms with Crippen LogP contribution in [0, 0.1) is 11.3 Å². The van der Waals surface area contributed by atoms with E-state index in [1.54, 1.807) is 0 Å². The number of hydrogen-bond donors (Lipinski definition) is 1. The molecule has 1 amide bonds. The molecule has 1 saturated heterocycles. The van der Waals surface area contributed by atoms with Gasteiger partial charge in [-0.15, -0.1) is 0 Å². The molecule has 1 N–H and O–H groups in total. The zero-order valence-electron chi connectivity index (χ0n) is 10.4. The topological polar surface area (TPSA) is 57.6 Å². The van der Waals surface area contributed by atoms with Gasteiger partial charge in [-0.3, -0.25) is 4.79 Å². The molecule has 0 radical (unpaired) electrons. The van der Waals surface area contributed by atoms with Gasteiger partial charge in [-0.25, -0.2) is 0 Å². The van der Waals surface area contributed by atoms with E-state index in [1.165, 1.54) is 4.90 Å². The minimum absolute atomic E-state index is 0.0406. The van der Waals surface area contributed by atoms with Gasteiger partial charge in [-0.05, 0) is 5.41 Å². The molecule has 1 aliphatic heterocycles. The highest BCUT2D eigenvalue weighted by Crippen LogP contribution is 2.29. The summed E-state index contributed by atoms with van der Waals surface area (Å²) in [6, 6.07) is -0.452. The number of aliphatic hydroxyl groups is 1. The van der Waals surface area contributed by atoms with Crippen molar-refractivity contribution in [2.24, 2.45) is 11.3 Å². The standard InChI is InChI=1S/C12H21NO3/c1-8(12(2,3)4)11(16)13-6-10(15)5-9(13)7-14/h7-10,15H,5-6H2,1-4H3. The second-order valence-corrected chi connectivity index (χ2v) is 5.67. The molecular formula is C12H21NO3. The average molecular weight is 227 g/mol. The Labute approximate surface area is 96.6 Å². The van der Waals surface area contributed by atoms with Crippen molar-refractivity contribution in [2.75, 3.05) is 6.54 Å². The first-order valence-corrected chi connectivity index (χ1v) is 5.71. The third-order valence-corrected chi connectivity index (χ3v) is 3.43. The largest absolute Gasteiger partial charge is 0.391 e. The van der Waals surface area contributed by atoms with Crippen molar-refractivity contribution in [3.63, 3.8) is 0 Å². The van der Waals surface area contributed by atoms with Crippen LogP contribution < -0.4 is 0 Å². The Morgan fingerprint density at radius 1 is 1.50 bits per heavy atom. The SMILES string of the molecule is CC(C(=O)N1CC(O)CC1C=O)C(C)(C)C. The number of likely N-dealkylation sites (tertiary alicyclic amines) is 1. The highest BCUT2D eigenvalue weighted by Gasteiger charge is 2.38. The second-order valence-electron chi connectivity index (χ2n) is 5.67. The van der Waals surface area contributed by atoms with Gasteiger partial charge in [0.25, 0.3) is 0 Å². The molecule has 1 fully saturated rings. The monoisotopic (exact) mass is 227 g/mol. The molecule has 0 aromatic carbocycles. The van der Waals surface area contributed by atoms with E-state index in [9.17, 15) is 14.7 Å². The van der Waals surface area contributed by atoms with Crippen molar-refractivity contribution >= 4 is 12.2 Å². The Morgan fingerprint density at radius 3 is 2.50 bits per heavy atom. The number of carbonyl (C=O) groups excluding carboxylic acids is 2. The molecule has 4 nitrogen and oxygen atoms in total. The molecule has 0 spiro atoms. The summed E-state index contributed by atoms with van der Waals surface area (Å²) in [5.41, 5.74) is -0.127. The minimum Gasteiger partial charge on any atom is -0.391 e. The Morgan fingerprint density at radius 2 is 2.06 bits per heavy atom. The fourth-order valence-electron chi connectivity index (χ4n) is 1.84. The summed E-state index contributed by atoms with van der Waals surface area (Å²) in [6.07, 6.45) is 0.557. The van der Waals surface area contributed by atoms with E-state index in [0.717, 1.165) is 6.29 Å². The quantitative estimate of drug-likeness (QED) is 0.711. The predicted octanol–water partition coefficient (Wildman–Crippen LogP) is 0.829. The van der Waals surface area contributed by atoms with Gasteiger partial charge >= 0.3 is 0 Å². The first kappa shape index (κ1) is 13.2. The number of carbonyl (C=O) groups is 2. The van der Waals surface area contributed by atoms with Crippen molar-refractivity contribution in [3.05, 3.63) is 0 Å². The third kappa shape index (κ3) is 2.61. The van der Waals surface area contributed by atoms with Crippen LogP contribution in [0.1, 0.15) is 34.1 Å². The van der Waals surface area contributed by atoms with Crippen LogP contribution in [0.25, 0.3) is 0 Å². The maximum Gasteiger partial charge on any atom is 0.226 e. The molecule has 0 aromatic rings. The molecule has 1 heterocycles. The van der Waals surface area contributed by atoms with Crippen LogP contribution in [-0.2, 0) is 9.59 Å². The molecule has 3 unspecified atom stereocenters.